The first-order chi connectivity index (χ1) is 17.6. The lowest BCUT2D eigenvalue weighted by Gasteiger charge is -2.20. The van der Waals surface area contributed by atoms with Gasteiger partial charge in [-0.15, -0.1) is 0 Å². The summed E-state index contributed by atoms with van der Waals surface area (Å²) in [5, 5.41) is 16.2. The summed E-state index contributed by atoms with van der Waals surface area (Å²) >= 11 is 0. The standard InChI is InChI=1S/C25H22N4O7S/c1-36-18-7-6-17-13-29(22(31)20(17)12-18)14-25(23(32)26-24(33)27-25)11-10-15-2-4-16(5-3-15)21(30)28-37(34,35)19-8-9-19/h2-7,12-13,19,31H,8-9,14H2,1H3,(H,28,30)(H2,26,27,32,33)/t25-/m1/s1. The maximum atomic E-state index is 12.8. The van der Waals surface area contributed by atoms with Crippen LogP contribution in [0.4, 0.5) is 4.79 Å². The molecule has 2 heterocycles. The van der Waals surface area contributed by atoms with Crippen molar-refractivity contribution in [3.63, 3.8) is 0 Å². The van der Waals surface area contributed by atoms with Crippen LogP contribution in [0.2, 0.25) is 0 Å². The molecule has 37 heavy (non-hydrogen) atoms. The molecule has 3 aromatic rings. The molecule has 4 amide bonds. The minimum Gasteiger partial charge on any atom is -0.497 e. The Morgan fingerprint density at radius 2 is 1.95 bits per heavy atom. The number of nitrogens with zero attached hydrogens (tertiary/aromatic N) is 1. The molecule has 1 saturated heterocycles. The van der Waals surface area contributed by atoms with E-state index in [9.17, 15) is 27.9 Å². The summed E-state index contributed by atoms with van der Waals surface area (Å²) in [5.74, 6) is 4.62. The molecule has 0 bridgehead atoms. The lowest BCUT2D eigenvalue weighted by molar-refractivity contribution is -0.122. The number of sulfonamides is 1. The van der Waals surface area contributed by atoms with E-state index < -0.39 is 38.7 Å². The fraction of sp³-hybridized carbons (Fsp3) is 0.240. The van der Waals surface area contributed by atoms with E-state index in [1.807, 2.05) is 0 Å². The number of ether oxygens (including phenoxy) is 1. The maximum absolute atomic E-state index is 12.8. The van der Waals surface area contributed by atoms with Crippen LogP contribution >= 0.6 is 0 Å². The van der Waals surface area contributed by atoms with Gasteiger partial charge in [-0.25, -0.2) is 17.9 Å². The van der Waals surface area contributed by atoms with Crippen molar-refractivity contribution < 1.29 is 32.6 Å². The first-order valence-corrected chi connectivity index (χ1v) is 12.8. The van der Waals surface area contributed by atoms with Crippen molar-refractivity contribution in [3.05, 3.63) is 59.8 Å². The van der Waals surface area contributed by atoms with Gasteiger partial charge in [-0.05, 0) is 55.3 Å². The normalized spacial score (nSPS) is 19.1. The molecule has 2 fully saturated rings. The number of hydrogen-bond donors (Lipinski definition) is 4. The first kappa shape index (κ1) is 24.2. The Hall–Kier alpha value is -4.50. The van der Waals surface area contributed by atoms with Gasteiger partial charge < -0.3 is 19.7 Å². The highest BCUT2D eigenvalue weighted by atomic mass is 32.2. The summed E-state index contributed by atoms with van der Waals surface area (Å²) in [6.07, 6.45) is 2.70. The highest BCUT2D eigenvalue weighted by molar-refractivity contribution is 7.91. The van der Waals surface area contributed by atoms with Crippen molar-refractivity contribution in [2.75, 3.05) is 7.11 Å². The van der Waals surface area contributed by atoms with Gasteiger partial charge in [0.25, 0.3) is 11.8 Å². The largest absolute Gasteiger partial charge is 0.497 e. The third kappa shape index (κ3) is 4.68. The Balaban J connectivity index is 1.41. The summed E-state index contributed by atoms with van der Waals surface area (Å²) in [6, 6.07) is 10.3. The summed E-state index contributed by atoms with van der Waals surface area (Å²) in [5.41, 5.74) is -1.13. The number of carbonyl (C=O) groups excluding carboxylic acids is 3. The molecule has 11 nitrogen and oxygen atoms in total. The smallest absolute Gasteiger partial charge is 0.323 e. The topological polar surface area (TPSA) is 156 Å². The van der Waals surface area contributed by atoms with E-state index in [0.29, 0.717) is 34.9 Å². The fourth-order valence-electron chi connectivity index (χ4n) is 3.99. The molecular weight excluding hydrogens is 500 g/mol. The van der Waals surface area contributed by atoms with Crippen LogP contribution in [0.5, 0.6) is 11.6 Å². The number of rotatable bonds is 6. The van der Waals surface area contributed by atoms with E-state index in [2.05, 4.69) is 27.2 Å². The predicted molar refractivity (Wildman–Crippen MR) is 132 cm³/mol. The number of aromatic hydroxyl groups is 1. The molecule has 1 atom stereocenters. The minimum atomic E-state index is -3.67. The number of urea groups is 1. The van der Waals surface area contributed by atoms with Gasteiger partial charge in [-0.1, -0.05) is 11.8 Å². The Morgan fingerprint density at radius 1 is 1.22 bits per heavy atom. The zero-order chi connectivity index (χ0) is 26.4. The number of nitrogens with one attached hydrogen (secondary N) is 3. The molecule has 1 aliphatic heterocycles. The molecule has 1 aromatic heterocycles. The molecule has 12 heteroatoms. The number of amides is 4. The second-order valence-electron chi connectivity index (χ2n) is 8.85. The number of methoxy groups -OCH3 is 1. The van der Waals surface area contributed by atoms with Crippen LogP contribution in [0, 0.1) is 11.8 Å². The monoisotopic (exact) mass is 522 g/mol. The van der Waals surface area contributed by atoms with Crippen molar-refractivity contribution in [1.29, 1.82) is 0 Å². The molecule has 190 valence electrons. The fourth-order valence-corrected chi connectivity index (χ4v) is 5.29. The van der Waals surface area contributed by atoms with E-state index in [4.69, 9.17) is 4.74 Å². The summed E-state index contributed by atoms with van der Waals surface area (Å²) in [4.78, 5) is 37.1. The van der Waals surface area contributed by atoms with E-state index >= 15 is 0 Å². The lowest BCUT2D eigenvalue weighted by Crippen LogP contribution is -2.49. The molecule has 2 aromatic carbocycles. The van der Waals surface area contributed by atoms with Crippen molar-refractivity contribution >= 4 is 38.6 Å². The number of carbonyl (C=O) groups is 3. The van der Waals surface area contributed by atoms with E-state index in [1.54, 1.807) is 24.4 Å². The van der Waals surface area contributed by atoms with Crippen LogP contribution in [0.15, 0.2) is 48.7 Å². The van der Waals surface area contributed by atoms with Gasteiger partial charge in [0.15, 0.2) is 5.88 Å². The van der Waals surface area contributed by atoms with Crippen LogP contribution in [-0.4, -0.2) is 53.8 Å². The number of benzene rings is 2. The average Bonchev–Trinajstić information content (AvgIpc) is 3.64. The summed E-state index contributed by atoms with van der Waals surface area (Å²) in [6.45, 7) is -0.181. The number of imide groups is 1. The third-order valence-electron chi connectivity index (χ3n) is 6.18. The Kier molecular flexibility index (Phi) is 5.80. The maximum Gasteiger partial charge on any atom is 0.323 e. The van der Waals surface area contributed by atoms with Crippen molar-refractivity contribution in [2.24, 2.45) is 0 Å². The van der Waals surface area contributed by atoms with Gasteiger partial charge in [-0.3, -0.25) is 14.9 Å². The number of hydrogen-bond acceptors (Lipinski definition) is 7. The zero-order valence-electron chi connectivity index (χ0n) is 19.6. The van der Waals surface area contributed by atoms with Gasteiger partial charge in [-0.2, -0.15) is 0 Å². The van der Waals surface area contributed by atoms with Crippen molar-refractivity contribution in [1.82, 2.24) is 19.9 Å². The van der Waals surface area contributed by atoms with Crippen LogP contribution < -0.4 is 20.1 Å². The average molecular weight is 523 g/mol. The van der Waals surface area contributed by atoms with Crippen LogP contribution in [-0.2, 0) is 21.4 Å². The van der Waals surface area contributed by atoms with E-state index in [-0.39, 0.29) is 18.0 Å². The predicted octanol–water partition coefficient (Wildman–Crippen LogP) is 1.21. The van der Waals surface area contributed by atoms with Crippen molar-refractivity contribution in [3.8, 4) is 23.5 Å². The van der Waals surface area contributed by atoms with E-state index in [0.717, 1.165) is 0 Å². The summed E-state index contributed by atoms with van der Waals surface area (Å²) in [7, 11) is -2.17. The molecule has 0 unspecified atom stereocenters. The molecule has 4 N–H and O–H groups in total. The first-order valence-electron chi connectivity index (χ1n) is 11.3. The van der Waals surface area contributed by atoms with Gasteiger partial charge in [0, 0.05) is 28.1 Å². The quantitative estimate of drug-likeness (QED) is 0.280. The van der Waals surface area contributed by atoms with Gasteiger partial charge in [0.1, 0.15) is 5.75 Å². The zero-order valence-corrected chi connectivity index (χ0v) is 20.4. The SMILES string of the molecule is COc1ccc2cn(C[C@@]3(C#Cc4ccc(C(=O)NS(=O)(=O)C5CC5)cc4)NC(=O)NC3=O)c(O)c2c1. The molecule has 0 spiro atoms. The van der Waals surface area contributed by atoms with Gasteiger partial charge >= 0.3 is 6.03 Å². The molecule has 5 rings (SSSR count). The van der Waals surface area contributed by atoms with Crippen LogP contribution in [0.1, 0.15) is 28.8 Å². The molecular formula is C25H22N4O7S. The van der Waals surface area contributed by atoms with Gasteiger partial charge in [0.2, 0.25) is 15.6 Å². The Bertz CT molecular complexity index is 1610. The highest BCUT2D eigenvalue weighted by Gasteiger charge is 2.46. The molecule has 1 aliphatic carbocycles. The number of aromatic nitrogens is 1. The minimum absolute atomic E-state index is 0.125. The second kappa shape index (κ2) is 8.86. The Labute approximate surface area is 211 Å². The van der Waals surface area contributed by atoms with Crippen LogP contribution in [0.3, 0.4) is 0 Å². The lowest BCUT2D eigenvalue weighted by atomic mass is 9.99. The molecule has 2 aliphatic rings. The Morgan fingerprint density at radius 3 is 2.57 bits per heavy atom. The van der Waals surface area contributed by atoms with Crippen LogP contribution in [0.25, 0.3) is 10.8 Å². The third-order valence-corrected chi connectivity index (χ3v) is 8.00. The number of fused-ring (bicyclic) bond motifs is 1. The van der Waals surface area contributed by atoms with Gasteiger partial charge in [0.05, 0.1) is 18.9 Å². The van der Waals surface area contributed by atoms with Crippen molar-refractivity contribution in [2.45, 2.75) is 30.2 Å². The molecule has 1 saturated carbocycles. The summed E-state index contributed by atoms with van der Waals surface area (Å²) < 4.78 is 32.7. The van der Waals surface area contributed by atoms with E-state index in [1.165, 1.54) is 35.9 Å². The second-order valence-corrected chi connectivity index (χ2v) is 10.8. The molecule has 0 radical (unpaired) electrons. The highest BCUT2D eigenvalue weighted by Crippen LogP contribution is 2.32.